The van der Waals surface area contributed by atoms with Crippen molar-refractivity contribution in [2.45, 2.75) is 348 Å². The summed E-state index contributed by atoms with van der Waals surface area (Å²) in [5.41, 5.74) is 0. The van der Waals surface area contributed by atoms with Gasteiger partial charge < -0.3 is 14.2 Å². The van der Waals surface area contributed by atoms with E-state index in [-0.39, 0.29) is 31.1 Å². The van der Waals surface area contributed by atoms with Crippen LogP contribution in [-0.2, 0) is 28.6 Å². The average molecular weight is 1080 g/mol. The number of carbonyl (C=O) groups is 3. The molecule has 0 amide bonds. The summed E-state index contributed by atoms with van der Waals surface area (Å²) in [6.07, 6.45) is 85.0. The van der Waals surface area contributed by atoms with E-state index in [0.717, 1.165) is 89.9 Å². The minimum atomic E-state index is -0.781. The smallest absolute Gasteiger partial charge is 0.306 e. The zero-order valence-corrected chi connectivity index (χ0v) is 51.2. The molecule has 446 valence electrons. The molecule has 1 unspecified atom stereocenters. The second-order valence-corrected chi connectivity index (χ2v) is 22.3. The molecule has 0 saturated carbocycles. The molecule has 0 heterocycles. The van der Waals surface area contributed by atoms with E-state index in [4.69, 9.17) is 14.2 Å². The molecule has 0 bridgehead atoms. The van der Waals surface area contributed by atoms with E-state index < -0.39 is 6.10 Å². The summed E-state index contributed by atoms with van der Waals surface area (Å²) in [6.45, 7) is 6.52. The lowest BCUT2D eigenvalue weighted by Crippen LogP contribution is -2.30. The molecular weight excluding hydrogens is 949 g/mol. The third kappa shape index (κ3) is 63.6. The molecule has 0 aliphatic rings. The highest BCUT2D eigenvalue weighted by atomic mass is 16.6. The molecule has 0 aliphatic heterocycles. The Kier molecular flexibility index (Phi) is 62.7. The van der Waals surface area contributed by atoms with E-state index in [2.05, 4.69) is 93.7 Å². The van der Waals surface area contributed by atoms with Gasteiger partial charge in [0.25, 0.3) is 0 Å². The van der Waals surface area contributed by atoms with Crippen molar-refractivity contribution in [3.05, 3.63) is 72.9 Å². The molecule has 0 N–H and O–H groups in total. The van der Waals surface area contributed by atoms with Gasteiger partial charge in [-0.2, -0.15) is 0 Å². The first-order valence-electron chi connectivity index (χ1n) is 33.4. The molecule has 0 spiro atoms. The van der Waals surface area contributed by atoms with E-state index in [9.17, 15) is 14.4 Å². The van der Waals surface area contributed by atoms with Crippen molar-refractivity contribution in [1.82, 2.24) is 0 Å². The lowest BCUT2D eigenvalue weighted by atomic mass is 10.0. The molecule has 6 heteroatoms. The molecule has 1 atom stereocenters. The summed E-state index contributed by atoms with van der Waals surface area (Å²) < 4.78 is 16.9. The van der Waals surface area contributed by atoms with Crippen molar-refractivity contribution in [2.24, 2.45) is 0 Å². The van der Waals surface area contributed by atoms with Crippen LogP contribution in [0, 0.1) is 0 Å². The van der Waals surface area contributed by atoms with Crippen molar-refractivity contribution in [3.8, 4) is 0 Å². The van der Waals surface area contributed by atoms with Gasteiger partial charge in [-0.15, -0.1) is 0 Å². The summed E-state index contributed by atoms with van der Waals surface area (Å²) in [7, 11) is 0. The van der Waals surface area contributed by atoms with Crippen molar-refractivity contribution < 1.29 is 28.6 Å². The van der Waals surface area contributed by atoms with Crippen LogP contribution in [0.4, 0.5) is 0 Å². The molecule has 77 heavy (non-hydrogen) atoms. The maximum absolute atomic E-state index is 12.9. The Morgan fingerprint density at radius 2 is 0.519 bits per heavy atom. The summed E-state index contributed by atoms with van der Waals surface area (Å²) in [4.78, 5) is 38.3. The van der Waals surface area contributed by atoms with Gasteiger partial charge in [-0.1, -0.05) is 293 Å². The van der Waals surface area contributed by atoms with Crippen LogP contribution < -0.4 is 0 Å². The largest absolute Gasteiger partial charge is 0.462 e. The van der Waals surface area contributed by atoms with Crippen molar-refractivity contribution in [2.75, 3.05) is 13.2 Å². The van der Waals surface area contributed by atoms with Crippen LogP contribution in [0.3, 0.4) is 0 Å². The first kappa shape index (κ1) is 73.8. The Balaban J connectivity index is 4.24. The predicted octanol–water partition coefficient (Wildman–Crippen LogP) is 22.9. The quantitative estimate of drug-likeness (QED) is 0.0261. The number of ether oxygens (including phenoxy) is 3. The van der Waals surface area contributed by atoms with Gasteiger partial charge in [0.15, 0.2) is 6.10 Å². The minimum Gasteiger partial charge on any atom is -0.462 e. The number of esters is 3. The number of hydrogen-bond donors (Lipinski definition) is 0. The SMILES string of the molecule is CC/C=C\C/C=C\C/C=C\C/C=C\CCCCCCCCCCCCC(=O)OC(COC(=O)CCCCCCC/C=C\CCCC)COC(=O)CCCCCCCCCCCCCCC/C=C\CCCCCCCCCC. The molecule has 0 radical (unpaired) electrons. The maximum Gasteiger partial charge on any atom is 0.306 e. The Hall–Kier alpha value is -3.15. The standard InChI is InChI=1S/C71H126O6/c1-4-7-10-13-16-19-22-24-26-28-30-32-34-35-37-38-40-42-44-46-49-52-55-58-61-64-70(73)76-67-68(66-75-69(72)63-60-57-54-51-48-21-18-15-12-9-6-3)77-71(74)65-62-59-56-53-50-47-45-43-41-39-36-33-31-29-27-25-23-20-17-14-11-8-5-2/h8,11,15,17-18,20,25,27-28,30-31,33,68H,4-7,9-10,12-14,16,19,21-24,26,29,32,34-67H2,1-3H3/b11-8-,18-15-,20-17-,27-25-,30-28-,33-31-. The minimum absolute atomic E-state index is 0.0774. The molecule has 6 nitrogen and oxygen atoms in total. The Morgan fingerprint density at radius 3 is 0.844 bits per heavy atom. The Morgan fingerprint density at radius 1 is 0.273 bits per heavy atom. The van der Waals surface area contributed by atoms with E-state index in [0.29, 0.717) is 19.3 Å². The number of rotatable bonds is 61. The fourth-order valence-corrected chi connectivity index (χ4v) is 9.65. The highest BCUT2D eigenvalue weighted by Gasteiger charge is 2.19. The van der Waals surface area contributed by atoms with Crippen LogP contribution in [0.5, 0.6) is 0 Å². The van der Waals surface area contributed by atoms with E-state index in [1.165, 1.54) is 212 Å². The van der Waals surface area contributed by atoms with Gasteiger partial charge in [-0.3, -0.25) is 14.4 Å². The normalized spacial score (nSPS) is 12.5. The first-order valence-corrected chi connectivity index (χ1v) is 33.4. The van der Waals surface area contributed by atoms with Gasteiger partial charge in [-0.05, 0) is 103 Å². The van der Waals surface area contributed by atoms with Crippen LogP contribution in [0.2, 0.25) is 0 Å². The monoisotopic (exact) mass is 1070 g/mol. The molecular formula is C71H126O6. The molecule has 0 aromatic carbocycles. The zero-order valence-electron chi connectivity index (χ0n) is 51.2. The predicted molar refractivity (Wildman–Crippen MR) is 335 cm³/mol. The van der Waals surface area contributed by atoms with Crippen LogP contribution in [0.1, 0.15) is 342 Å². The molecule has 0 fully saturated rings. The second-order valence-electron chi connectivity index (χ2n) is 22.3. The highest BCUT2D eigenvalue weighted by molar-refractivity contribution is 5.71. The number of unbranched alkanes of at least 4 members (excludes halogenated alkanes) is 38. The summed E-state index contributed by atoms with van der Waals surface area (Å²) in [5.74, 6) is -0.876. The Bertz CT molecular complexity index is 1420. The number of allylic oxidation sites excluding steroid dienone is 12. The number of hydrogen-bond acceptors (Lipinski definition) is 6. The average Bonchev–Trinajstić information content (AvgIpc) is 3.43. The third-order valence-electron chi connectivity index (χ3n) is 14.7. The fourth-order valence-electron chi connectivity index (χ4n) is 9.65. The van der Waals surface area contributed by atoms with Crippen LogP contribution in [-0.4, -0.2) is 37.2 Å². The molecule has 0 aliphatic carbocycles. The van der Waals surface area contributed by atoms with Gasteiger partial charge >= 0.3 is 17.9 Å². The van der Waals surface area contributed by atoms with Gasteiger partial charge in [0.05, 0.1) is 0 Å². The van der Waals surface area contributed by atoms with Gasteiger partial charge in [-0.25, -0.2) is 0 Å². The lowest BCUT2D eigenvalue weighted by Gasteiger charge is -2.18. The van der Waals surface area contributed by atoms with E-state index in [1.807, 2.05) is 0 Å². The summed E-state index contributed by atoms with van der Waals surface area (Å²) in [5, 5.41) is 0. The van der Waals surface area contributed by atoms with E-state index >= 15 is 0 Å². The third-order valence-corrected chi connectivity index (χ3v) is 14.7. The summed E-state index contributed by atoms with van der Waals surface area (Å²) in [6, 6.07) is 0. The van der Waals surface area contributed by atoms with Gasteiger partial charge in [0.1, 0.15) is 13.2 Å². The Labute approximate surface area is 478 Å². The van der Waals surface area contributed by atoms with Crippen molar-refractivity contribution >= 4 is 17.9 Å². The second kappa shape index (κ2) is 65.4. The first-order chi connectivity index (χ1) is 38.0. The highest BCUT2D eigenvalue weighted by Crippen LogP contribution is 2.17. The summed E-state index contributed by atoms with van der Waals surface area (Å²) >= 11 is 0. The fraction of sp³-hybridized carbons (Fsp3) is 0.789. The van der Waals surface area contributed by atoms with Gasteiger partial charge in [0, 0.05) is 19.3 Å². The van der Waals surface area contributed by atoms with Crippen LogP contribution in [0.15, 0.2) is 72.9 Å². The molecule has 0 aromatic heterocycles. The molecule has 0 saturated heterocycles. The van der Waals surface area contributed by atoms with Crippen molar-refractivity contribution in [3.63, 3.8) is 0 Å². The number of carbonyl (C=O) groups excluding carboxylic acids is 3. The van der Waals surface area contributed by atoms with Gasteiger partial charge in [0.2, 0.25) is 0 Å². The van der Waals surface area contributed by atoms with Crippen LogP contribution in [0.25, 0.3) is 0 Å². The molecule has 0 rings (SSSR count). The lowest BCUT2D eigenvalue weighted by molar-refractivity contribution is -0.167. The molecule has 0 aromatic rings. The van der Waals surface area contributed by atoms with Crippen molar-refractivity contribution in [1.29, 1.82) is 0 Å². The van der Waals surface area contributed by atoms with E-state index in [1.54, 1.807) is 0 Å². The topological polar surface area (TPSA) is 78.9 Å². The van der Waals surface area contributed by atoms with Crippen LogP contribution >= 0.6 is 0 Å². The maximum atomic E-state index is 12.9. The zero-order chi connectivity index (χ0) is 55.7.